The van der Waals surface area contributed by atoms with Crippen molar-refractivity contribution in [3.05, 3.63) is 51.5 Å². The molecule has 202 valence electrons. The van der Waals surface area contributed by atoms with Gasteiger partial charge in [-0.3, -0.25) is 0 Å². The van der Waals surface area contributed by atoms with Crippen molar-refractivity contribution in [2.75, 3.05) is 0 Å². The molecule has 0 saturated carbocycles. The first-order chi connectivity index (χ1) is 16.7. The standard InChI is InChI=1S/C35H51NSi/c1-31(2,3)36-37(12,13)30-24-20-28-26(32(4,5)14-16-34(28,8)9)18-22(24)23-19-27-29(21-25(23)30)35(10,11)17-15-33(27,6)7/h18-21H,14-17H2,1-13H3/q-2. The predicted octanol–water partition coefficient (Wildman–Crippen LogP) is 9.99. The smallest absolute Gasteiger partial charge is 0.0111 e. The van der Waals surface area contributed by atoms with Crippen LogP contribution in [0.25, 0.3) is 26.5 Å². The van der Waals surface area contributed by atoms with Gasteiger partial charge in [-0.25, -0.2) is 0 Å². The fourth-order valence-corrected chi connectivity index (χ4v) is 11.3. The zero-order valence-electron chi connectivity index (χ0n) is 26.1. The molecule has 2 aliphatic carbocycles. The van der Waals surface area contributed by atoms with Crippen molar-refractivity contribution >= 4 is 35.0 Å². The maximum Gasteiger partial charge on any atom is -0.0111 e. The van der Waals surface area contributed by atoms with Gasteiger partial charge in [-0.2, -0.15) is 0 Å². The SMILES string of the molecule is CC(C)(C)[N-][Si](C)(C)c1c2cc3c(cc2[c-]2cc4c(cc12)C(C)(C)CCC4(C)C)C(C)(C)CCC3(C)C. The average Bonchev–Trinajstić information content (AvgIpc) is 3.05. The molecule has 0 atom stereocenters. The molecule has 0 bridgehead atoms. The van der Waals surface area contributed by atoms with E-state index in [1.807, 2.05) is 0 Å². The Bertz CT molecular complexity index is 1310. The van der Waals surface area contributed by atoms with E-state index in [1.165, 1.54) is 47.2 Å². The number of hydrogen-bond acceptors (Lipinski definition) is 0. The van der Waals surface area contributed by atoms with Gasteiger partial charge in [0.15, 0.2) is 0 Å². The molecule has 0 spiro atoms. The average molecular weight is 514 g/mol. The Kier molecular flexibility index (Phi) is 5.69. The van der Waals surface area contributed by atoms with Gasteiger partial charge in [0, 0.05) is 0 Å². The topological polar surface area (TPSA) is 14.1 Å². The highest BCUT2D eigenvalue weighted by Gasteiger charge is 2.38. The fourth-order valence-electron chi connectivity index (χ4n) is 7.79. The maximum atomic E-state index is 5.58. The second-order valence-electron chi connectivity index (χ2n) is 16.6. The van der Waals surface area contributed by atoms with E-state index in [4.69, 9.17) is 4.98 Å². The Balaban J connectivity index is 1.96. The number of nitrogens with zero attached hydrogens (tertiary/aromatic N) is 1. The summed E-state index contributed by atoms with van der Waals surface area (Å²) in [5.74, 6) is 0. The largest absolute Gasteiger partial charge is 0.662 e. The third-order valence-corrected chi connectivity index (χ3v) is 13.0. The zero-order chi connectivity index (χ0) is 27.6. The van der Waals surface area contributed by atoms with E-state index < -0.39 is 8.24 Å². The summed E-state index contributed by atoms with van der Waals surface area (Å²) in [6, 6.07) is 10.5. The van der Waals surface area contributed by atoms with Crippen molar-refractivity contribution in [2.45, 2.75) is 142 Å². The number of hydrogen-bond donors (Lipinski definition) is 0. The van der Waals surface area contributed by atoms with E-state index in [2.05, 4.69) is 114 Å². The Hall–Kier alpha value is -1.51. The molecule has 0 saturated heterocycles. The lowest BCUT2D eigenvalue weighted by Crippen LogP contribution is -2.45. The lowest BCUT2D eigenvalue weighted by Gasteiger charge is -2.52. The molecule has 0 aliphatic heterocycles. The number of fused-ring (bicyclic) bond motifs is 5. The van der Waals surface area contributed by atoms with E-state index in [0.717, 1.165) is 0 Å². The van der Waals surface area contributed by atoms with Crippen LogP contribution in [0.15, 0.2) is 24.3 Å². The van der Waals surface area contributed by atoms with E-state index >= 15 is 0 Å². The molecular formula is C35H51NSi-2. The molecule has 0 radical (unpaired) electrons. The summed E-state index contributed by atoms with van der Waals surface area (Å²) in [7, 11) is -2.12. The first kappa shape index (κ1) is 27.1. The molecule has 0 N–H and O–H groups in total. The predicted molar refractivity (Wildman–Crippen MR) is 168 cm³/mol. The highest BCUT2D eigenvalue weighted by atomic mass is 28.3. The summed E-state index contributed by atoms with van der Waals surface area (Å²) in [6.07, 6.45) is 5.00. The molecule has 0 amide bonds. The Morgan fingerprint density at radius 3 is 1.54 bits per heavy atom. The van der Waals surface area contributed by atoms with Gasteiger partial charge in [-0.05, 0) is 47.3 Å². The highest BCUT2D eigenvalue weighted by molar-refractivity contribution is 6.97. The van der Waals surface area contributed by atoms with Crippen molar-refractivity contribution < 1.29 is 0 Å². The molecule has 0 fully saturated rings. The Labute approximate surface area is 228 Å². The third kappa shape index (κ3) is 4.26. The van der Waals surface area contributed by atoms with E-state index in [1.54, 1.807) is 27.4 Å². The summed E-state index contributed by atoms with van der Waals surface area (Å²) in [5.41, 5.74) is 7.06. The first-order valence-electron chi connectivity index (χ1n) is 14.7. The van der Waals surface area contributed by atoms with Crippen LogP contribution in [0, 0.1) is 0 Å². The molecule has 2 heteroatoms. The van der Waals surface area contributed by atoms with Crippen LogP contribution in [0.3, 0.4) is 0 Å². The minimum atomic E-state index is -2.12. The lowest BCUT2D eigenvalue weighted by atomic mass is 9.62. The summed E-state index contributed by atoms with van der Waals surface area (Å²) < 4.78 is 0. The quantitative estimate of drug-likeness (QED) is 0.239. The Morgan fingerprint density at radius 2 is 1.05 bits per heavy atom. The normalized spacial score (nSPS) is 22.2. The van der Waals surface area contributed by atoms with Gasteiger partial charge >= 0.3 is 0 Å². The number of benzene rings is 2. The molecular weight excluding hydrogens is 462 g/mol. The van der Waals surface area contributed by atoms with Gasteiger partial charge in [-0.15, -0.1) is 34.3 Å². The minimum Gasteiger partial charge on any atom is -0.662 e. The molecule has 3 aromatic rings. The maximum absolute atomic E-state index is 5.58. The molecule has 0 aromatic heterocycles. The second-order valence-corrected chi connectivity index (χ2v) is 20.5. The fraction of sp³-hybridized carbons (Fsp3) is 0.629. The van der Waals surface area contributed by atoms with Gasteiger partial charge in [0.2, 0.25) is 0 Å². The minimum absolute atomic E-state index is 0.0451. The molecule has 37 heavy (non-hydrogen) atoms. The molecule has 2 aliphatic rings. The van der Waals surface area contributed by atoms with Gasteiger partial charge in [-0.1, -0.05) is 142 Å². The first-order valence-corrected chi connectivity index (χ1v) is 17.6. The lowest BCUT2D eigenvalue weighted by molar-refractivity contribution is 0.332. The van der Waals surface area contributed by atoms with Crippen molar-refractivity contribution in [1.29, 1.82) is 0 Å². The van der Waals surface area contributed by atoms with Crippen LogP contribution in [0.1, 0.15) is 124 Å². The zero-order valence-corrected chi connectivity index (χ0v) is 27.1. The third-order valence-electron chi connectivity index (χ3n) is 10.0. The number of rotatable bonds is 2. The molecule has 3 aromatic carbocycles. The van der Waals surface area contributed by atoms with Crippen LogP contribution in [0.4, 0.5) is 0 Å². The Morgan fingerprint density at radius 1 is 0.649 bits per heavy atom. The summed E-state index contributed by atoms with van der Waals surface area (Å²) in [5, 5.41) is 7.49. The van der Waals surface area contributed by atoms with Gasteiger partial charge < -0.3 is 4.98 Å². The van der Waals surface area contributed by atoms with Crippen molar-refractivity contribution in [2.24, 2.45) is 0 Å². The van der Waals surface area contributed by atoms with Crippen molar-refractivity contribution in [1.82, 2.24) is 0 Å². The van der Waals surface area contributed by atoms with Gasteiger partial charge in [0.1, 0.15) is 0 Å². The van der Waals surface area contributed by atoms with Crippen molar-refractivity contribution in [3.8, 4) is 0 Å². The van der Waals surface area contributed by atoms with Crippen LogP contribution < -0.4 is 5.19 Å². The summed E-state index contributed by atoms with van der Waals surface area (Å²) >= 11 is 0. The second kappa shape index (κ2) is 7.78. The van der Waals surface area contributed by atoms with Crippen LogP contribution in [0.2, 0.25) is 13.1 Å². The molecule has 0 unspecified atom stereocenters. The monoisotopic (exact) mass is 513 g/mol. The van der Waals surface area contributed by atoms with Crippen LogP contribution in [-0.4, -0.2) is 13.8 Å². The molecule has 5 rings (SSSR count). The summed E-state index contributed by atoms with van der Waals surface area (Å²) in [4.78, 5) is 5.58. The molecule has 1 nitrogen and oxygen atoms in total. The highest BCUT2D eigenvalue weighted by Crippen LogP contribution is 2.51. The van der Waals surface area contributed by atoms with E-state index in [9.17, 15) is 0 Å². The summed E-state index contributed by atoms with van der Waals surface area (Å²) in [6.45, 7) is 31.5. The van der Waals surface area contributed by atoms with Crippen LogP contribution in [0.5, 0.6) is 0 Å². The molecule has 0 heterocycles. The van der Waals surface area contributed by atoms with E-state index in [0.29, 0.717) is 0 Å². The van der Waals surface area contributed by atoms with Gasteiger partial charge in [0.25, 0.3) is 0 Å². The van der Waals surface area contributed by atoms with Crippen LogP contribution in [-0.2, 0) is 21.7 Å². The van der Waals surface area contributed by atoms with Crippen LogP contribution >= 0.6 is 0 Å². The van der Waals surface area contributed by atoms with E-state index in [-0.39, 0.29) is 27.2 Å². The van der Waals surface area contributed by atoms with Crippen molar-refractivity contribution in [3.63, 3.8) is 0 Å². The van der Waals surface area contributed by atoms with Gasteiger partial charge in [0.05, 0.1) is 0 Å².